The average molecular weight is 239 g/mol. The lowest BCUT2D eigenvalue weighted by molar-refractivity contribution is -0.125. The molecule has 5 heteroatoms. The predicted molar refractivity (Wildman–Crippen MR) is 59.0 cm³/mol. The van der Waals surface area contributed by atoms with Gasteiger partial charge in [0.15, 0.2) is 0 Å². The fraction of sp³-hybridized carbons (Fsp3) is 0.417. The molecule has 92 valence electrons. The number of benzene rings is 1. The normalized spacial score (nSPS) is 25.8. The first kappa shape index (κ1) is 12.0. The van der Waals surface area contributed by atoms with Gasteiger partial charge in [-0.2, -0.15) is 5.06 Å². The molecule has 0 aromatic heterocycles. The predicted octanol–water partition coefficient (Wildman–Crippen LogP) is 1.90. The molecule has 4 nitrogen and oxygen atoms in total. The Kier molecular flexibility index (Phi) is 3.40. The number of carboxylic acids is 1. The summed E-state index contributed by atoms with van der Waals surface area (Å²) in [7, 11) is 0. The van der Waals surface area contributed by atoms with Crippen molar-refractivity contribution in [3.05, 3.63) is 35.4 Å². The van der Waals surface area contributed by atoms with Gasteiger partial charge < -0.3 is 10.3 Å². The van der Waals surface area contributed by atoms with Gasteiger partial charge >= 0.3 is 5.97 Å². The second-order valence-corrected chi connectivity index (χ2v) is 4.25. The molecule has 0 radical (unpaired) electrons. The molecule has 17 heavy (non-hydrogen) atoms. The van der Waals surface area contributed by atoms with E-state index in [-0.39, 0.29) is 18.0 Å². The molecular weight excluding hydrogens is 225 g/mol. The van der Waals surface area contributed by atoms with E-state index in [1.54, 1.807) is 12.1 Å². The number of piperidine rings is 1. The summed E-state index contributed by atoms with van der Waals surface area (Å²) >= 11 is 0. The summed E-state index contributed by atoms with van der Waals surface area (Å²) in [4.78, 5) is 10.7. The van der Waals surface area contributed by atoms with Gasteiger partial charge in [0.05, 0.1) is 12.1 Å². The molecule has 1 aliphatic rings. The third-order valence-corrected chi connectivity index (χ3v) is 3.11. The van der Waals surface area contributed by atoms with E-state index in [2.05, 4.69) is 0 Å². The molecule has 1 aromatic carbocycles. The lowest BCUT2D eigenvalue weighted by Crippen LogP contribution is -2.38. The largest absolute Gasteiger partial charge is 0.478 e. The Bertz CT molecular complexity index is 407. The Balaban J connectivity index is 2.14. The van der Waals surface area contributed by atoms with Crippen molar-refractivity contribution < 1.29 is 19.5 Å². The molecule has 2 unspecified atom stereocenters. The molecule has 1 aromatic rings. The number of aromatic carboxylic acids is 1. The van der Waals surface area contributed by atoms with Crippen molar-refractivity contribution in [3.8, 4) is 0 Å². The maximum Gasteiger partial charge on any atom is 0.335 e. The van der Waals surface area contributed by atoms with Gasteiger partial charge in [-0.15, -0.1) is 0 Å². The molecule has 0 aliphatic carbocycles. The third-order valence-electron chi connectivity index (χ3n) is 3.11. The lowest BCUT2D eigenvalue weighted by atomic mass is 9.88. The first-order valence-corrected chi connectivity index (χ1v) is 5.49. The maximum absolute atomic E-state index is 13.7. The van der Waals surface area contributed by atoms with Crippen LogP contribution in [0.5, 0.6) is 0 Å². The zero-order valence-corrected chi connectivity index (χ0v) is 9.21. The van der Waals surface area contributed by atoms with E-state index >= 15 is 0 Å². The second-order valence-electron chi connectivity index (χ2n) is 4.25. The number of hydrogen-bond acceptors (Lipinski definition) is 3. The van der Waals surface area contributed by atoms with Crippen molar-refractivity contribution in [2.24, 2.45) is 0 Å². The minimum atomic E-state index is -1.12. The van der Waals surface area contributed by atoms with Crippen LogP contribution >= 0.6 is 0 Å². The SMILES string of the molecule is O=C(O)c1ccc(C2CCN(O)CC2F)cc1. The second kappa shape index (κ2) is 4.81. The van der Waals surface area contributed by atoms with Crippen molar-refractivity contribution in [2.75, 3.05) is 13.1 Å². The molecule has 1 heterocycles. The van der Waals surface area contributed by atoms with Crippen LogP contribution in [0, 0.1) is 0 Å². The number of carboxylic acid groups (broad SMARTS) is 1. The quantitative estimate of drug-likeness (QED) is 0.827. The van der Waals surface area contributed by atoms with E-state index in [0.717, 1.165) is 10.6 Å². The van der Waals surface area contributed by atoms with E-state index in [4.69, 9.17) is 5.11 Å². The van der Waals surface area contributed by atoms with Gasteiger partial charge in [-0.25, -0.2) is 9.18 Å². The van der Waals surface area contributed by atoms with Gasteiger partial charge in [0.2, 0.25) is 0 Å². The first-order valence-electron chi connectivity index (χ1n) is 5.49. The van der Waals surface area contributed by atoms with Crippen LogP contribution in [0.1, 0.15) is 28.3 Å². The Hall–Kier alpha value is -1.46. The number of hydrogen-bond donors (Lipinski definition) is 2. The number of carbonyl (C=O) groups is 1. The number of nitrogens with zero attached hydrogens (tertiary/aromatic N) is 1. The summed E-state index contributed by atoms with van der Waals surface area (Å²) in [6.07, 6.45) is -0.589. The molecular formula is C12H14FNO3. The van der Waals surface area contributed by atoms with E-state index in [1.165, 1.54) is 12.1 Å². The maximum atomic E-state index is 13.7. The molecule has 0 saturated carbocycles. The molecule has 0 spiro atoms. The minimum absolute atomic E-state index is 0.00531. The highest BCUT2D eigenvalue weighted by molar-refractivity contribution is 5.87. The van der Waals surface area contributed by atoms with Crippen molar-refractivity contribution in [1.29, 1.82) is 0 Å². The summed E-state index contributed by atoms with van der Waals surface area (Å²) < 4.78 is 13.7. The van der Waals surface area contributed by atoms with Crippen LogP contribution in [0.25, 0.3) is 0 Å². The monoisotopic (exact) mass is 239 g/mol. The number of halogens is 1. The smallest absolute Gasteiger partial charge is 0.335 e. The lowest BCUT2D eigenvalue weighted by Gasteiger charge is -2.31. The molecule has 0 amide bonds. The van der Waals surface area contributed by atoms with Gasteiger partial charge in [0.25, 0.3) is 0 Å². The molecule has 0 bridgehead atoms. The fourth-order valence-electron chi connectivity index (χ4n) is 2.14. The molecule has 1 saturated heterocycles. The van der Waals surface area contributed by atoms with Crippen molar-refractivity contribution in [3.63, 3.8) is 0 Å². The summed E-state index contributed by atoms with van der Waals surface area (Å²) in [5.41, 5.74) is 0.986. The Morgan fingerprint density at radius 3 is 2.53 bits per heavy atom. The van der Waals surface area contributed by atoms with Gasteiger partial charge in [0.1, 0.15) is 6.17 Å². The highest BCUT2D eigenvalue weighted by atomic mass is 19.1. The molecule has 2 atom stereocenters. The van der Waals surface area contributed by atoms with E-state index in [1.807, 2.05) is 0 Å². The standard InChI is InChI=1S/C12H14FNO3/c13-11-7-14(17)6-5-10(11)8-1-3-9(4-2-8)12(15)16/h1-4,10-11,17H,5-7H2,(H,15,16). The van der Waals surface area contributed by atoms with Crippen molar-refractivity contribution in [1.82, 2.24) is 5.06 Å². The van der Waals surface area contributed by atoms with E-state index < -0.39 is 12.1 Å². The van der Waals surface area contributed by atoms with Gasteiger partial charge in [-0.3, -0.25) is 0 Å². The number of alkyl halides is 1. The zero-order chi connectivity index (χ0) is 12.4. The number of rotatable bonds is 2. The van der Waals surface area contributed by atoms with Crippen molar-refractivity contribution in [2.45, 2.75) is 18.5 Å². The Labute approximate surface area is 98.2 Å². The van der Waals surface area contributed by atoms with Crippen LogP contribution < -0.4 is 0 Å². The van der Waals surface area contributed by atoms with E-state index in [0.29, 0.717) is 13.0 Å². The van der Waals surface area contributed by atoms with Crippen LogP contribution in [0.3, 0.4) is 0 Å². The van der Waals surface area contributed by atoms with Crippen LogP contribution in [0.15, 0.2) is 24.3 Å². The van der Waals surface area contributed by atoms with Crippen LogP contribution in [0.2, 0.25) is 0 Å². The average Bonchev–Trinajstić information content (AvgIpc) is 2.29. The van der Waals surface area contributed by atoms with Gasteiger partial charge in [-0.05, 0) is 24.1 Å². The fourth-order valence-corrected chi connectivity index (χ4v) is 2.14. The van der Waals surface area contributed by atoms with Crippen LogP contribution in [0.4, 0.5) is 4.39 Å². The summed E-state index contributed by atoms with van der Waals surface area (Å²) in [5, 5.41) is 18.9. The summed E-state index contributed by atoms with van der Waals surface area (Å²) in [6.45, 7) is 0.442. The summed E-state index contributed by atoms with van der Waals surface area (Å²) in [6, 6.07) is 6.26. The van der Waals surface area contributed by atoms with Gasteiger partial charge in [0, 0.05) is 12.5 Å². The van der Waals surface area contributed by atoms with Crippen LogP contribution in [-0.2, 0) is 0 Å². The first-order chi connectivity index (χ1) is 8.08. The van der Waals surface area contributed by atoms with Crippen molar-refractivity contribution >= 4 is 5.97 Å². The van der Waals surface area contributed by atoms with Crippen LogP contribution in [-0.4, -0.2) is 40.6 Å². The topological polar surface area (TPSA) is 60.8 Å². The third kappa shape index (κ3) is 2.62. The highest BCUT2D eigenvalue weighted by Crippen LogP contribution is 2.30. The highest BCUT2D eigenvalue weighted by Gasteiger charge is 2.29. The van der Waals surface area contributed by atoms with Gasteiger partial charge in [-0.1, -0.05) is 12.1 Å². The molecule has 2 N–H and O–H groups in total. The zero-order valence-electron chi connectivity index (χ0n) is 9.21. The molecule has 2 rings (SSSR count). The Morgan fingerprint density at radius 2 is 2.00 bits per heavy atom. The van der Waals surface area contributed by atoms with E-state index in [9.17, 15) is 14.4 Å². The Morgan fingerprint density at radius 1 is 1.35 bits per heavy atom. The number of hydroxylamine groups is 2. The molecule has 1 aliphatic heterocycles. The minimum Gasteiger partial charge on any atom is -0.478 e. The molecule has 1 fully saturated rings. The summed E-state index contributed by atoms with van der Waals surface area (Å²) in [5.74, 6) is -1.25.